The monoisotopic (exact) mass is 258 g/mol. The van der Waals surface area contributed by atoms with Crippen LogP contribution < -0.4 is 5.32 Å². The maximum atomic E-state index is 6.03. The van der Waals surface area contributed by atoms with Crippen molar-refractivity contribution in [1.82, 2.24) is 5.32 Å². The van der Waals surface area contributed by atoms with Crippen molar-refractivity contribution in [2.45, 2.75) is 44.8 Å². The maximum absolute atomic E-state index is 6.03. The molecule has 19 heavy (non-hydrogen) atoms. The Kier molecular flexibility index (Phi) is 3.83. The van der Waals surface area contributed by atoms with Gasteiger partial charge in [-0.15, -0.1) is 0 Å². The second kappa shape index (κ2) is 5.74. The van der Waals surface area contributed by atoms with E-state index < -0.39 is 0 Å². The van der Waals surface area contributed by atoms with Gasteiger partial charge in [0.1, 0.15) is 6.10 Å². The lowest BCUT2D eigenvalue weighted by atomic mass is 10.0. The van der Waals surface area contributed by atoms with E-state index in [1.54, 1.807) is 0 Å². The van der Waals surface area contributed by atoms with E-state index in [1.165, 1.54) is 24.0 Å². The Balaban J connectivity index is 1.55. The van der Waals surface area contributed by atoms with Crippen LogP contribution in [0.15, 0.2) is 29.3 Å². The van der Waals surface area contributed by atoms with Gasteiger partial charge in [-0.2, -0.15) is 0 Å². The third-order valence-corrected chi connectivity index (χ3v) is 3.89. The van der Waals surface area contributed by atoms with Crippen molar-refractivity contribution in [3.05, 3.63) is 35.4 Å². The van der Waals surface area contributed by atoms with Gasteiger partial charge in [0.25, 0.3) is 0 Å². The van der Waals surface area contributed by atoms with Crippen molar-refractivity contribution >= 4 is 5.90 Å². The van der Waals surface area contributed by atoms with Crippen LogP contribution in [0.25, 0.3) is 0 Å². The first-order valence-electron chi connectivity index (χ1n) is 7.31. The number of piperidine rings is 1. The van der Waals surface area contributed by atoms with Crippen LogP contribution in [0, 0.1) is 6.92 Å². The summed E-state index contributed by atoms with van der Waals surface area (Å²) in [6, 6.07) is 9.01. The topological polar surface area (TPSA) is 33.6 Å². The van der Waals surface area contributed by atoms with Crippen LogP contribution in [0.2, 0.25) is 0 Å². The Morgan fingerprint density at radius 2 is 2.32 bits per heavy atom. The smallest absolute Gasteiger partial charge is 0.201 e. The Hall–Kier alpha value is -1.35. The molecule has 0 amide bonds. The van der Waals surface area contributed by atoms with Crippen molar-refractivity contribution in [3.8, 4) is 0 Å². The van der Waals surface area contributed by atoms with E-state index in [-0.39, 0.29) is 6.10 Å². The third kappa shape index (κ3) is 3.16. The molecule has 0 aromatic heterocycles. The van der Waals surface area contributed by atoms with Crippen molar-refractivity contribution in [2.75, 3.05) is 13.1 Å². The molecule has 1 fully saturated rings. The zero-order chi connectivity index (χ0) is 13.1. The van der Waals surface area contributed by atoms with E-state index in [0.717, 1.165) is 31.8 Å². The quantitative estimate of drug-likeness (QED) is 0.903. The molecule has 2 heterocycles. The molecule has 2 aliphatic rings. The summed E-state index contributed by atoms with van der Waals surface area (Å²) in [5.41, 5.74) is 2.66. The van der Waals surface area contributed by atoms with E-state index in [0.29, 0.717) is 6.04 Å². The molecular weight excluding hydrogens is 236 g/mol. The Labute approximate surface area is 115 Å². The summed E-state index contributed by atoms with van der Waals surface area (Å²) in [5, 5.41) is 3.50. The minimum absolute atomic E-state index is 0.223. The van der Waals surface area contributed by atoms with Gasteiger partial charge in [0.15, 0.2) is 0 Å². The number of aliphatic imine (C=N–C) groups is 1. The van der Waals surface area contributed by atoms with Gasteiger partial charge < -0.3 is 10.1 Å². The minimum atomic E-state index is 0.223. The van der Waals surface area contributed by atoms with Crippen LogP contribution in [0.3, 0.4) is 0 Å². The third-order valence-electron chi connectivity index (χ3n) is 3.89. The molecule has 1 aromatic carbocycles. The predicted molar refractivity (Wildman–Crippen MR) is 77.7 cm³/mol. The fraction of sp³-hybridized carbons (Fsp3) is 0.562. The largest absolute Gasteiger partial charge is 0.474 e. The van der Waals surface area contributed by atoms with Crippen molar-refractivity contribution < 1.29 is 4.74 Å². The average molecular weight is 258 g/mol. The lowest BCUT2D eigenvalue weighted by molar-refractivity contribution is 0.209. The molecule has 2 unspecified atom stereocenters. The number of nitrogens with zero attached hydrogens (tertiary/aromatic N) is 1. The number of benzene rings is 1. The lowest BCUT2D eigenvalue weighted by Crippen LogP contribution is -2.41. The predicted octanol–water partition coefficient (Wildman–Crippen LogP) is 2.48. The van der Waals surface area contributed by atoms with Crippen LogP contribution in [-0.2, 0) is 11.2 Å². The van der Waals surface area contributed by atoms with E-state index in [9.17, 15) is 0 Å². The second-order valence-electron chi connectivity index (χ2n) is 5.61. The average Bonchev–Trinajstić information content (AvgIpc) is 2.88. The second-order valence-corrected chi connectivity index (χ2v) is 5.61. The first-order valence-corrected chi connectivity index (χ1v) is 7.31. The van der Waals surface area contributed by atoms with Crippen LogP contribution in [0.1, 0.15) is 30.4 Å². The van der Waals surface area contributed by atoms with Gasteiger partial charge in [-0.1, -0.05) is 36.2 Å². The molecule has 102 valence electrons. The van der Waals surface area contributed by atoms with Crippen LogP contribution in [0.4, 0.5) is 0 Å². The number of hydrogen-bond donors (Lipinski definition) is 1. The highest BCUT2D eigenvalue weighted by Crippen LogP contribution is 2.18. The zero-order valence-corrected chi connectivity index (χ0v) is 11.6. The Bertz CT molecular complexity index is 464. The Morgan fingerprint density at radius 1 is 1.37 bits per heavy atom. The Morgan fingerprint density at radius 3 is 3.11 bits per heavy atom. The molecule has 2 aliphatic heterocycles. The molecule has 0 bridgehead atoms. The molecule has 3 heteroatoms. The van der Waals surface area contributed by atoms with Gasteiger partial charge in [-0.25, -0.2) is 0 Å². The molecule has 0 radical (unpaired) electrons. The number of ether oxygens (including phenoxy) is 1. The van der Waals surface area contributed by atoms with Gasteiger partial charge in [-0.05, 0) is 31.9 Å². The first-order chi connectivity index (χ1) is 9.31. The molecule has 0 spiro atoms. The van der Waals surface area contributed by atoms with Gasteiger partial charge in [-0.3, -0.25) is 4.99 Å². The number of rotatable bonds is 3. The lowest BCUT2D eigenvalue weighted by Gasteiger charge is -2.23. The SMILES string of the molecule is Cc1cccc(CC2CN=C(C3CCCCN3)O2)c1. The van der Waals surface area contributed by atoms with Crippen molar-refractivity contribution in [2.24, 2.45) is 4.99 Å². The highest BCUT2D eigenvalue weighted by Gasteiger charge is 2.27. The van der Waals surface area contributed by atoms with E-state index in [2.05, 4.69) is 41.5 Å². The summed E-state index contributed by atoms with van der Waals surface area (Å²) in [5.74, 6) is 0.942. The van der Waals surface area contributed by atoms with Crippen LogP contribution in [0.5, 0.6) is 0 Å². The van der Waals surface area contributed by atoms with Crippen molar-refractivity contribution in [1.29, 1.82) is 0 Å². The van der Waals surface area contributed by atoms with Crippen molar-refractivity contribution in [3.63, 3.8) is 0 Å². The van der Waals surface area contributed by atoms with Gasteiger partial charge in [0.2, 0.25) is 5.90 Å². The summed E-state index contributed by atoms with van der Waals surface area (Å²) < 4.78 is 6.03. The van der Waals surface area contributed by atoms with Gasteiger partial charge in [0, 0.05) is 6.42 Å². The molecule has 1 N–H and O–H groups in total. The normalized spacial score (nSPS) is 26.9. The molecule has 1 aromatic rings. The van der Waals surface area contributed by atoms with E-state index in [4.69, 9.17) is 4.74 Å². The van der Waals surface area contributed by atoms with Crippen LogP contribution in [-0.4, -0.2) is 31.1 Å². The summed E-state index contributed by atoms with van der Waals surface area (Å²) in [7, 11) is 0. The minimum Gasteiger partial charge on any atom is -0.474 e. The number of nitrogens with one attached hydrogen (secondary N) is 1. The molecule has 0 aliphatic carbocycles. The molecule has 3 rings (SSSR count). The first kappa shape index (κ1) is 12.7. The molecule has 2 atom stereocenters. The van der Waals surface area contributed by atoms with Gasteiger partial charge in [0.05, 0.1) is 12.6 Å². The number of aryl methyl sites for hydroxylation is 1. The molecule has 0 saturated carbocycles. The summed E-state index contributed by atoms with van der Waals surface area (Å²) in [6.07, 6.45) is 4.90. The van der Waals surface area contributed by atoms with Gasteiger partial charge >= 0.3 is 0 Å². The van der Waals surface area contributed by atoms with E-state index in [1.807, 2.05) is 0 Å². The molecular formula is C16H22N2O. The number of hydrogen-bond acceptors (Lipinski definition) is 3. The summed E-state index contributed by atoms with van der Waals surface area (Å²) >= 11 is 0. The van der Waals surface area contributed by atoms with Crippen LogP contribution >= 0.6 is 0 Å². The highest BCUT2D eigenvalue weighted by molar-refractivity contribution is 5.83. The fourth-order valence-electron chi connectivity index (χ4n) is 2.90. The molecule has 3 nitrogen and oxygen atoms in total. The van der Waals surface area contributed by atoms with E-state index >= 15 is 0 Å². The maximum Gasteiger partial charge on any atom is 0.201 e. The fourth-order valence-corrected chi connectivity index (χ4v) is 2.90. The molecule has 1 saturated heterocycles. The zero-order valence-electron chi connectivity index (χ0n) is 11.6. The standard InChI is InChI=1S/C16H22N2O/c1-12-5-4-6-13(9-12)10-14-11-18-16(19-14)15-7-2-3-8-17-15/h4-6,9,14-15,17H,2-3,7-8,10-11H2,1H3. The summed E-state index contributed by atoms with van der Waals surface area (Å²) in [4.78, 5) is 4.59. The summed E-state index contributed by atoms with van der Waals surface area (Å²) in [6.45, 7) is 4.03. The highest BCUT2D eigenvalue weighted by atomic mass is 16.5.